The number of halogens is 1. The third-order valence-electron chi connectivity index (χ3n) is 2.23. The van der Waals surface area contributed by atoms with Crippen molar-refractivity contribution < 1.29 is 8.94 Å². The van der Waals surface area contributed by atoms with Crippen molar-refractivity contribution >= 4 is 17.4 Å². The van der Waals surface area contributed by atoms with Crippen molar-refractivity contribution in [3.05, 3.63) is 22.9 Å². The average Bonchev–Trinajstić information content (AvgIpc) is 2.75. The number of nitrogen functional groups attached to an aromatic ring is 1. The Morgan fingerprint density at radius 1 is 1.44 bits per heavy atom. The minimum Gasteiger partial charge on any atom is -0.441 e. The third-order valence-corrected chi connectivity index (χ3v) is 2.43. The largest absolute Gasteiger partial charge is 0.441 e. The number of hydrogen-bond acceptors (Lipinski definition) is 4. The van der Waals surface area contributed by atoms with E-state index in [4.69, 9.17) is 26.3 Å². The highest BCUT2D eigenvalue weighted by Gasteiger charge is 2.19. The number of nitrogens with zero attached hydrogens (tertiary/aromatic N) is 1. The number of rotatable bonds is 3. The third kappa shape index (κ3) is 2.07. The molecule has 86 valence electrons. The first kappa shape index (κ1) is 11.1. The van der Waals surface area contributed by atoms with E-state index >= 15 is 0 Å². The molecule has 0 bridgehead atoms. The summed E-state index contributed by atoms with van der Waals surface area (Å²) >= 11 is 5.72. The first-order chi connectivity index (χ1) is 7.58. The summed E-state index contributed by atoms with van der Waals surface area (Å²) < 4.78 is 10.4. The zero-order valence-electron chi connectivity index (χ0n) is 9.16. The number of aromatic nitrogens is 1. The summed E-state index contributed by atoms with van der Waals surface area (Å²) in [6.07, 6.45) is 0.795. The molecule has 0 aromatic carbocycles. The Labute approximate surface area is 98.4 Å². The highest BCUT2D eigenvalue weighted by molar-refractivity contribution is 6.28. The molecule has 0 spiro atoms. The van der Waals surface area contributed by atoms with Gasteiger partial charge in [0.2, 0.25) is 5.76 Å². The van der Waals surface area contributed by atoms with Gasteiger partial charge in [-0.1, -0.05) is 19.0 Å². The summed E-state index contributed by atoms with van der Waals surface area (Å²) in [5, 5.41) is 4.07. The van der Waals surface area contributed by atoms with E-state index < -0.39 is 0 Å². The lowest BCUT2D eigenvalue weighted by atomic mass is 10.0. The molecular formula is C11H13ClN2O2. The van der Waals surface area contributed by atoms with Crippen LogP contribution in [0.25, 0.3) is 11.5 Å². The van der Waals surface area contributed by atoms with Crippen molar-refractivity contribution in [1.82, 2.24) is 5.16 Å². The molecule has 0 aliphatic heterocycles. The molecule has 2 aromatic heterocycles. The predicted molar refractivity (Wildman–Crippen MR) is 62.2 cm³/mol. The van der Waals surface area contributed by atoms with Crippen LogP contribution in [0.2, 0.25) is 5.22 Å². The van der Waals surface area contributed by atoms with Gasteiger partial charge < -0.3 is 14.7 Å². The second-order valence-electron chi connectivity index (χ2n) is 4.08. The molecule has 0 radical (unpaired) electrons. The van der Waals surface area contributed by atoms with Crippen molar-refractivity contribution in [2.45, 2.75) is 20.3 Å². The van der Waals surface area contributed by atoms with Crippen LogP contribution in [0.5, 0.6) is 0 Å². The maximum absolute atomic E-state index is 5.75. The molecule has 0 saturated heterocycles. The van der Waals surface area contributed by atoms with Crippen LogP contribution in [0.4, 0.5) is 5.82 Å². The van der Waals surface area contributed by atoms with Gasteiger partial charge in [-0.2, -0.15) is 0 Å². The van der Waals surface area contributed by atoms with Crippen LogP contribution in [0, 0.1) is 5.92 Å². The Hall–Kier alpha value is -1.42. The Balaban J connectivity index is 2.41. The normalized spacial score (nSPS) is 11.2. The van der Waals surface area contributed by atoms with Crippen LogP contribution in [0.1, 0.15) is 19.4 Å². The number of anilines is 1. The highest BCUT2D eigenvalue weighted by Crippen LogP contribution is 2.32. The van der Waals surface area contributed by atoms with Crippen molar-refractivity contribution in [3.8, 4) is 11.5 Å². The molecule has 5 heteroatoms. The maximum Gasteiger partial charge on any atom is 0.207 e. The standard InChI is InChI=1S/C11H13ClN2O2/c1-6(2)5-7-10(16-14-11(7)13)8-3-4-9(12)15-8/h3-4,6H,5H2,1-2H3,(H2,13,14). The second-order valence-corrected chi connectivity index (χ2v) is 4.45. The molecule has 2 aromatic rings. The Morgan fingerprint density at radius 3 is 2.75 bits per heavy atom. The lowest BCUT2D eigenvalue weighted by Crippen LogP contribution is -1.98. The van der Waals surface area contributed by atoms with Crippen molar-refractivity contribution in [3.63, 3.8) is 0 Å². The van der Waals surface area contributed by atoms with Gasteiger partial charge in [0, 0.05) is 5.56 Å². The molecular weight excluding hydrogens is 228 g/mol. The van der Waals surface area contributed by atoms with Gasteiger partial charge in [0.15, 0.2) is 16.8 Å². The Bertz CT molecular complexity index is 488. The molecule has 0 unspecified atom stereocenters. The summed E-state index contributed by atoms with van der Waals surface area (Å²) in [5.41, 5.74) is 6.63. The van der Waals surface area contributed by atoms with Gasteiger partial charge in [0.1, 0.15) is 0 Å². The van der Waals surface area contributed by atoms with Gasteiger partial charge in [0.25, 0.3) is 0 Å². The van der Waals surface area contributed by atoms with Crippen LogP contribution in [0.3, 0.4) is 0 Å². The SMILES string of the molecule is CC(C)Cc1c(N)noc1-c1ccc(Cl)o1. The Kier molecular flexibility index (Phi) is 2.92. The molecule has 0 saturated carbocycles. The van der Waals surface area contributed by atoms with Gasteiger partial charge in [-0.05, 0) is 36.1 Å². The molecule has 0 atom stereocenters. The molecule has 0 aliphatic rings. The average molecular weight is 241 g/mol. The fourth-order valence-electron chi connectivity index (χ4n) is 1.56. The molecule has 0 aliphatic carbocycles. The van der Waals surface area contributed by atoms with Crippen LogP contribution < -0.4 is 5.73 Å². The number of nitrogens with two attached hydrogens (primary N) is 1. The number of furan rings is 1. The minimum absolute atomic E-state index is 0.320. The van der Waals surface area contributed by atoms with Crippen molar-refractivity contribution in [1.29, 1.82) is 0 Å². The first-order valence-electron chi connectivity index (χ1n) is 5.07. The van der Waals surface area contributed by atoms with E-state index in [1.807, 2.05) is 0 Å². The van der Waals surface area contributed by atoms with Gasteiger partial charge in [-0.25, -0.2) is 0 Å². The second kappa shape index (κ2) is 4.22. The van der Waals surface area contributed by atoms with E-state index in [-0.39, 0.29) is 0 Å². The van der Waals surface area contributed by atoms with E-state index in [0.29, 0.717) is 28.5 Å². The predicted octanol–water partition coefficient (Wildman–Crippen LogP) is 3.37. The van der Waals surface area contributed by atoms with Gasteiger partial charge in [-0.3, -0.25) is 0 Å². The van der Waals surface area contributed by atoms with E-state index in [1.165, 1.54) is 0 Å². The van der Waals surface area contributed by atoms with E-state index in [9.17, 15) is 0 Å². The summed E-state index contributed by atoms with van der Waals surface area (Å²) in [6, 6.07) is 3.40. The maximum atomic E-state index is 5.75. The number of hydrogen-bond donors (Lipinski definition) is 1. The smallest absolute Gasteiger partial charge is 0.207 e. The lowest BCUT2D eigenvalue weighted by Gasteiger charge is -2.03. The van der Waals surface area contributed by atoms with Crippen LogP contribution in [-0.2, 0) is 6.42 Å². The van der Waals surface area contributed by atoms with Gasteiger partial charge in [0.05, 0.1) is 0 Å². The van der Waals surface area contributed by atoms with E-state index in [2.05, 4.69) is 19.0 Å². The summed E-state index contributed by atoms with van der Waals surface area (Å²) in [7, 11) is 0. The molecule has 2 rings (SSSR count). The van der Waals surface area contributed by atoms with Crippen molar-refractivity contribution in [2.75, 3.05) is 5.73 Å². The molecule has 2 heterocycles. The fraction of sp³-hybridized carbons (Fsp3) is 0.364. The van der Waals surface area contributed by atoms with E-state index in [0.717, 1.165) is 12.0 Å². The summed E-state index contributed by atoms with van der Waals surface area (Å²) in [5.74, 6) is 2.00. The van der Waals surface area contributed by atoms with Crippen LogP contribution in [-0.4, -0.2) is 5.16 Å². The van der Waals surface area contributed by atoms with Crippen LogP contribution >= 0.6 is 11.6 Å². The zero-order chi connectivity index (χ0) is 11.7. The quantitative estimate of drug-likeness (QED) is 0.893. The molecule has 0 amide bonds. The monoisotopic (exact) mass is 240 g/mol. The topological polar surface area (TPSA) is 65.2 Å². The first-order valence-corrected chi connectivity index (χ1v) is 5.45. The fourth-order valence-corrected chi connectivity index (χ4v) is 1.70. The van der Waals surface area contributed by atoms with Gasteiger partial charge >= 0.3 is 0 Å². The lowest BCUT2D eigenvalue weighted by molar-refractivity contribution is 0.419. The summed E-state index contributed by atoms with van der Waals surface area (Å²) in [6.45, 7) is 4.21. The van der Waals surface area contributed by atoms with Gasteiger partial charge in [-0.15, -0.1) is 0 Å². The molecule has 2 N–H and O–H groups in total. The van der Waals surface area contributed by atoms with Crippen LogP contribution in [0.15, 0.2) is 21.1 Å². The summed E-state index contributed by atoms with van der Waals surface area (Å²) in [4.78, 5) is 0. The zero-order valence-corrected chi connectivity index (χ0v) is 9.91. The molecule has 16 heavy (non-hydrogen) atoms. The molecule has 4 nitrogen and oxygen atoms in total. The highest BCUT2D eigenvalue weighted by atomic mass is 35.5. The molecule has 0 fully saturated rings. The van der Waals surface area contributed by atoms with Crippen molar-refractivity contribution in [2.24, 2.45) is 5.92 Å². The Morgan fingerprint density at radius 2 is 2.19 bits per heavy atom. The van der Waals surface area contributed by atoms with E-state index in [1.54, 1.807) is 12.1 Å². The minimum atomic E-state index is 0.320.